The summed E-state index contributed by atoms with van der Waals surface area (Å²) in [7, 11) is -5.17. The summed E-state index contributed by atoms with van der Waals surface area (Å²) in [4.78, 5) is 25.5. The summed E-state index contributed by atoms with van der Waals surface area (Å²) in [5.74, 6) is -2.76. The summed E-state index contributed by atoms with van der Waals surface area (Å²) in [6, 6.07) is 7.91. The molecular formula is C25H44NO8PSi. The fraction of sp³-hybridized carbons (Fsp3) is 0.680. The Balaban J connectivity index is 3.37. The van der Waals surface area contributed by atoms with Crippen molar-refractivity contribution in [2.45, 2.75) is 97.8 Å². The molecule has 0 heterocycles. The number of methoxy groups -OCH3 is 1. The highest BCUT2D eigenvalue weighted by Crippen LogP contribution is 2.61. The quantitative estimate of drug-likeness (QED) is 0.202. The molecule has 1 aromatic rings. The molecule has 0 aliphatic carbocycles. The second-order valence-corrected chi connectivity index (χ2v) is 18.0. The molecule has 0 bridgehead atoms. The van der Waals surface area contributed by atoms with Crippen molar-refractivity contribution in [3.63, 3.8) is 0 Å². The highest BCUT2D eigenvalue weighted by Gasteiger charge is 2.51. The van der Waals surface area contributed by atoms with Gasteiger partial charge in [0.05, 0.1) is 18.3 Å². The van der Waals surface area contributed by atoms with E-state index in [1.807, 2.05) is 50.0 Å². The molecule has 206 valence electrons. The minimum absolute atomic E-state index is 0.0164. The van der Waals surface area contributed by atoms with Crippen LogP contribution in [0.4, 0.5) is 4.79 Å². The van der Waals surface area contributed by atoms with Crippen LogP contribution in [0.25, 0.3) is 0 Å². The van der Waals surface area contributed by atoms with Crippen LogP contribution in [0, 0.1) is 5.92 Å². The largest absolute Gasteiger partial charge is 0.467 e. The Morgan fingerprint density at radius 3 is 1.89 bits per heavy atom. The van der Waals surface area contributed by atoms with Gasteiger partial charge in [-0.25, -0.2) is 9.59 Å². The van der Waals surface area contributed by atoms with E-state index in [2.05, 4.69) is 5.32 Å². The Morgan fingerprint density at radius 1 is 0.972 bits per heavy atom. The van der Waals surface area contributed by atoms with Crippen molar-refractivity contribution in [2.75, 3.05) is 7.11 Å². The van der Waals surface area contributed by atoms with Crippen molar-refractivity contribution >= 4 is 28.0 Å². The molecule has 0 fully saturated rings. The van der Waals surface area contributed by atoms with E-state index in [0.717, 1.165) is 5.56 Å². The van der Waals surface area contributed by atoms with Crippen LogP contribution in [0.5, 0.6) is 0 Å². The molecule has 1 aromatic carbocycles. The van der Waals surface area contributed by atoms with Gasteiger partial charge in [-0.2, -0.15) is 0 Å². The van der Waals surface area contributed by atoms with E-state index < -0.39 is 57.0 Å². The van der Waals surface area contributed by atoms with Crippen LogP contribution in [-0.2, 0) is 38.9 Å². The molecule has 1 amide bonds. The maximum absolute atomic E-state index is 14.4. The van der Waals surface area contributed by atoms with Gasteiger partial charge in [0.1, 0.15) is 12.6 Å². The summed E-state index contributed by atoms with van der Waals surface area (Å²) in [5.41, 5.74) is -0.897. The van der Waals surface area contributed by atoms with Crippen molar-refractivity contribution in [1.29, 1.82) is 0 Å². The Morgan fingerprint density at radius 2 is 1.47 bits per heavy atom. The number of carbonyl (C=O) groups excluding carboxylic acids is 2. The summed E-state index contributed by atoms with van der Waals surface area (Å²) < 4.78 is 43.2. The molecule has 1 unspecified atom stereocenters. The van der Waals surface area contributed by atoms with E-state index >= 15 is 0 Å². The van der Waals surface area contributed by atoms with Crippen molar-refractivity contribution < 1.29 is 37.1 Å². The minimum atomic E-state index is -4.02. The molecule has 0 aliphatic heterocycles. The third-order valence-electron chi connectivity index (χ3n) is 4.50. The van der Waals surface area contributed by atoms with Gasteiger partial charge in [0, 0.05) is 5.92 Å². The monoisotopic (exact) mass is 545 g/mol. The van der Waals surface area contributed by atoms with Gasteiger partial charge in [0.15, 0.2) is 14.2 Å². The standard InChI is InChI=1S/C25H44NO8PSi/c1-18(20(21(27)30-8)26-23(28)31-17-19-15-13-12-14-16-19)22(32-36(9,10)11)35(29,33-24(2,3)4)34-25(5,6)7/h12-16,18,20,22H,17H2,1-11H3,(H,26,28)/t18-,20-,22?/m0/s1. The van der Waals surface area contributed by atoms with Crippen LogP contribution in [-0.4, -0.2) is 50.6 Å². The molecule has 0 aromatic heterocycles. The Kier molecular flexibility index (Phi) is 11.4. The van der Waals surface area contributed by atoms with Crippen LogP contribution < -0.4 is 5.32 Å². The van der Waals surface area contributed by atoms with E-state index in [-0.39, 0.29) is 6.61 Å². The molecule has 9 nitrogen and oxygen atoms in total. The van der Waals surface area contributed by atoms with Crippen molar-refractivity contribution in [1.82, 2.24) is 5.32 Å². The fourth-order valence-corrected chi connectivity index (χ4v) is 8.22. The molecule has 0 spiro atoms. The lowest BCUT2D eigenvalue weighted by Crippen LogP contribution is -2.52. The lowest BCUT2D eigenvalue weighted by atomic mass is 10.0. The van der Waals surface area contributed by atoms with Gasteiger partial charge in [-0.05, 0) is 66.7 Å². The first-order chi connectivity index (χ1) is 16.3. The third kappa shape index (κ3) is 11.6. The molecule has 0 saturated heterocycles. The smallest absolute Gasteiger partial charge is 0.408 e. The SMILES string of the molecule is COC(=O)[C@@H](NC(=O)OCc1ccccc1)[C@H](C)C(O[Si](C)(C)C)P(=O)(OC(C)(C)C)OC(C)(C)C. The summed E-state index contributed by atoms with van der Waals surface area (Å²) in [6.45, 7) is 18.0. The Hall–Kier alpha value is -1.71. The van der Waals surface area contributed by atoms with Gasteiger partial charge in [-0.1, -0.05) is 37.3 Å². The second-order valence-electron chi connectivity index (χ2n) is 11.6. The van der Waals surface area contributed by atoms with Crippen LogP contribution in [0.2, 0.25) is 19.6 Å². The highest BCUT2D eigenvalue weighted by molar-refractivity contribution is 7.54. The number of esters is 1. The normalized spacial score (nSPS) is 15.5. The number of nitrogens with one attached hydrogen (secondary N) is 1. The number of hydrogen-bond donors (Lipinski definition) is 1. The third-order valence-corrected chi connectivity index (χ3v) is 8.47. The maximum Gasteiger partial charge on any atom is 0.408 e. The van der Waals surface area contributed by atoms with Crippen molar-refractivity contribution in [3.05, 3.63) is 35.9 Å². The molecular weight excluding hydrogens is 501 g/mol. The number of benzene rings is 1. The molecule has 0 aliphatic rings. The Bertz CT molecular complexity index is 885. The highest BCUT2D eigenvalue weighted by atomic mass is 31.2. The lowest BCUT2D eigenvalue weighted by molar-refractivity contribution is -0.145. The molecule has 3 atom stereocenters. The lowest BCUT2D eigenvalue weighted by Gasteiger charge is -2.41. The van der Waals surface area contributed by atoms with Crippen molar-refractivity contribution in [2.24, 2.45) is 5.92 Å². The number of alkyl carbamates (subject to hydrolysis) is 1. The van der Waals surface area contributed by atoms with Gasteiger partial charge in [-0.15, -0.1) is 0 Å². The summed E-state index contributed by atoms with van der Waals surface area (Å²) >= 11 is 0. The van der Waals surface area contributed by atoms with Gasteiger partial charge in [0.2, 0.25) is 0 Å². The fourth-order valence-electron chi connectivity index (χ4n) is 3.30. The van der Waals surface area contributed by atoms with E-state index in [9.17, 15) is 14.2 Å². The van der Waals surface area contributed by atoms with E-state index in [1.165, 1.54) is 7.11 Å². The number of rotatable bonds is 11. The first-order valence-electron chi connectivity index (χ1n) is 12.0. The topological polar surface area (TPSA) is 109 Å². The van der Waals surface area contributed by atoms with Gasteiger partial charge >= 0.3 is 19.7 Å². The number of amides is 1. The molecule has 1 rings (SSSR count). The second kappa shape index (κ2) is 12.7. The average molecular weight is 546 g/mol. The minimum Gasteiger partial charge on any atom is -0.467 e. The van der Waals surface area contributed by atoms with Crippen LogP contribution in [0.3, 0.4) is 0 Å². The number of carbonyl (C=O) groups is 2. The molecule has 36 heavy (non-hydrogen) atoms. The van der Waals surface area contributed by atoms with Crippen molar-refractivity contribution in [3.8, 4) is 0 Å². The van der Waals surface area contributed by atoms with Crippen LogP contribution in [0.15, 0.2) is 30.3 Å². The first kappa shape index (κ1) is 32.3. The molecule has 11 heteroatoms. The zero-order chi connectivity index (χ0) is 27.9. The zero-order valence-corrected chi connectivity index (χ0v) is 25.4. The number of ether oxygens (including phenoxy) is 2. The van der Waals surface area contributed by atoms with E-state index in [0.29, 0.717) is 0 Å². The average Bonchev–Trinajstić information content (AvgIpc) is 2.70. The summed E-state index contributed by atoms with van der Waals surface area (Å²) in [6.07, 6.45) is -0.823. The van der Waals surface area contributed by atoms with Crippen LogP contribution in [0.1, 0.15) is 54.0 Å². The van der Waals surface area contributed by atoms with Gasteiger partial charge in [-0.3, -0.25) is 4.57 Å². The van der Waals surface area contributed by atoms with Crippen LogP contribution >= 0.6 is 7.60 Å². The maximum atomic E-state index is 14.4. The summed E-state index contributed by atoms with van der Waals surface area (Å²) in [5, 5.41) is 2.57. The van der Waals surface area contributed by atoms with Gasteiger partial charge in [0.25, 0.3) is 0 Å². The molecule has 0 saturated carbocycles. The Labute approximate surface area is 217 Å². The van der Waals surface area contributed by atoms with Gasteiger partial charge < -0.3 is 28.3 Å². The molecule has 0 radical (unpaired) electrons. The molecule has 1 N–H and O–H groups in total. The number of hydrogen-bond acceptors (Lipinski definition) is 8. The van der Waals surface area contributed by atoms with E-state index in [1.54, 1.807) is 48.5 Å². The first-order valence-corrected chi connectivity index (χ1v) is 17.0. The predicted octanol–water partition coefficient (Wildman–Crippen LogP) is 6.09. The van der Waals surface area contributed by atoms with E-state index in [4.69, 9.17) is 22.9 Å². The predicted molar refractivity (Wildman–Crippen MR) is 142 cm³/mol. The zero-order valence-electron chi connectivity index (χ0n) is 23.5.